The van der Waals surface area contributed by atoms with Crippen molar-refractivity contribution in [2.75, 3.05) is 4.90 Å². The Morgan fingerprint density at radius 1 is 0.821 bits per heavy atom. The van der Waals surface area contributed by atoms with Gasteiger partial charge < -0.3 is 4.74 Å². The number of ether oxygens (including phenoxy) is 1. The van der Waals surface area contributed by atoms with Crippen LogP contribution in [0.1, 0.15) is 0 Å². The smallest absolute Gasteiger partial charge is 0.406 e. The molecule has 4 rings (SSSR count). The molecular formula is C22H14Br2N2O2. The van der Waals surface area contributed by atoms with Gasteiger partial charge in [-0.15, -0.1) is 0 Å². The van der Waals surface area contributed by atoms with E-state index in [9.17, 15) is 4.79 Å². The molecule has 6 heteroatoms. The number of benzene rings is 3. The molecule has 1 heterocycles. The van der Waals surface area contributed by atoms with Crippen molar-refractivity contribution in [1.82, 2.24) is 4.98 Å². The molecule has 0 radical (unpaired) electrons. The van der Waals surface area contributed by atoms with Crippen molar-refractivity contribution >= 4 is 60.2 Å². The lowest BCUT2D eigenvalue weighted by Crippen LogP contribution is -2.29. The Morgan fingerprint density at radius 2 is 1.43 bits per heavy atom. The Bertz CT molecular complexity index is 1100. The maximum atomic E-state index is 13.2. The molecule has 0 aliphatic carbocycles. The van der Waals surface area contributed by atoms with Gasteiger partial charge in [-0.05, 0) is 52.3 Å². The molecule has 0 atom stereocenters. The average molecular weight is 498 g/mol. The first-order valence-corrected chi connectivity index (χ1v) is 10.1. The minimum Gasteiger partial charge on any atom is -0.406 e. The van der Waals surface area contributed by atoms with E-state index in [1.54, 1.807) is 6.20 Å². The molecule has 1 amide bonds. The first kappa shape index (κ1) is 18.7. The molecule has 1 aromatic heterocycles. The third-order valence-corrected chi connectivity index (χ3v) is 5.40. The zero-order valence-corrected chi connectivity index (χ0v) is 17.7. The Labute approximate surface area is 179 Å². The number of carbonyl (C=O) groups is 1. The summed E-state index contributed by atoms with van der Waals surface area (Å²) < 4.78 is 7.35. The fourth-order valence-electron chi connectivity index (χ4n) is 2.89. The molecular weight excluding hydrogens is 484 g/mol. The van der Waals surface area contributed by atoms with Gasteiger partial charge in [-0.2, -0.15) is 0 Å². The third-order valence-electron chi connectivity index (χ3n) is 4.15. The van der Waals surface area contributed by atoms with Crippen LogP contribution in [-0.4, -0.2) is 11.1 Å². The second-order valence-corrected chi connectivity index (χ2v) is 7.65. The Kier molecular flexibility index (Phi) is 5.41. The maximum Gasteiger partial charge on any atom is 0.424 e. The molecule has 3 aromatic carbocycles. The molecule has 0 aliphatic heterocycles. The second-order valence-electron chi connectivity index (χ2n) is 5.94. The van der Waals surface area contributed by atoms with Gasteiger partial charge >= 0.3 is 6.09 Å². The predicted molar refractivity (Wildman–Crippen MR) is 118 cm³/mol. The first-order valence-electron chi connectivity index (χ1n) is 8.50. The standard InChI is InChI=1S/C22H14Br2N2O2/c23-18-14-19(24)21(20-17(18)12-7-13-25-20)28-22(27)26(15-8-3-1-4-9-15)16-10-5-2-6-11-16/h1-14H. The molecule has 0 saturated carbocycles. The largest absolute Gasteiger partial charge is 0.424 e. The lowest BCUT2D eigenvalue weighted by molar-refractivity contribution is 0.210. The van der Waals surface area contributed by atoms with E-state index in [-0.39, 0.29) is 0 Å². The molecule has 4 aromatic rings. The number of hydrogen-bond acceptors (Lipinski definition) is 3. The number of amides is 1. The van der Waals surface area contributed by atoms with Crippen molar-refractivity contribution in [3.8, 4) is 5.75 Å². The van der Waals surface area contributed by atoms with Crippen LogP contribution in [0.25, 0.3) is 10.9 Å². The summed E-state index contributed by atoms with van der Waals surface area (Å²) in [4.78, 5) is 19.2. The predicted octanol–water partition coefficient (Wildman–Crippen LogP) is 7.10. The average Bonchev–Trinajstić information content (AvgIpc) is 2.73. The highest BCUT2D eigenvalue weighted by molar-refractivity contribution is 9.11. The number of nitrogens with zero attached hydrogens (tertiary/aromatic N) is 2. The Hall–Kier alpha value is -2.70. The number of carbonyl (C=O) groups excluding carboxylic acids is 1. The van der Waals surface area contributed by atoms with E-state index in [0.29, 0.717) is 27.1 Å². The van der Waals surface area contributed by atoms with Crippen LogP contribution in [0.2, 0.25) is 0 Å². The molecule has 0 spiro atoms. The lowest BCUT2D eigenvalue weighted by atomic mass is 10.2. The number of anilines is 2. The zero-order valence-electron chi connectivity index (χ0n) is 14.5. The van der Waals surface area contributed by atoms with Gasteiger partial charge in [-0.25, -0.2) is 9.69 Å². The van der Waals surface area contributed by atoms with Crippen molar-refractivity contribution in [2.45, 2.75) is 0 Å². The van der Waals surface area contributed by atoms with Gasteiger partial charge in [0.1, 0.15) is 5.52 Å². The maximum absolute atomic E-state index is 13.2. The summed E-state index contributed by atoms with van der Waals surface area (Å²) in [5.74, 6) is 0.376. The van der Waals surface area contributed by atoms with E-state index in [1.165, 1.54) is 4.90 Å². The van der Waals surface area contributed by atoms with E-state index in [1.807, 2.05) is 78.9 Å². The summed E-state index contributed by atoms with van der Waals surface area (Å²) >= 11 is 7.02. The van der Waals surface area contributed by atoms with E-state index >= 15 is 0 Å². The zero-order chi connectivity index (χ0) is 19.5. The minimum absolute atomic E-state index is 0.376. The van der Waals surface area contributed by atoms with Crippen LogP contribution in [0.3, 0.4) is 0 Å². The molecule has 0 aliphatic rings. The number of para-hydroxylation sites is 2. The molecule has 0 unspecified atom stereocenters. The summed E-state index contributed by atoms with van der Waals surface area (Å²) in [6.07, 6.45) is 1.15. The normalized spacial score (nSPS) is 10.6. The number of rotatable bonds is 3. The van der Waals surface area contributed by atoms with E-state index in [0.717, 1.165) is 9.86 Å². The van der Waals surface area contributed by atoms with E-state index in [4.69, 9.17) is 4.74 Å². The van der Waals surface area contributed by atoms with Crippen LogP contribution in [0.15, 0.2) is 94.0 Å². The SMILES string of the molecule is O=C(Oc1c(Br)cc(Br)c2cccnc12)N(c1ccccc1)c1ccccc1. The monoisotopic (exact) mass is 496 g/mol. The molecule has 0 N–H and O–H groups in total. The molecule has 0 bridgehead atoms. The van der Waals surface area contributed by atoms with Crippen LogP contribution >= 0.6 is 31.9 Å². The van der Waals surface area contributed by atoms with Crippen molar-refractivity contribution in [1.29, 1.82) is 0 Å². The van der Waals surface area contributed by atoms with E-state index in [2.05, 4.69) is 36.8 Å². The fourth-order valence-corrected chi connectivity index (χ4v) is 4.24. The van der Waals surface area contributed by atoms with Gasteiger partial charge in [-0.3, -0.25) is 4.98 Å². The summed E-state index contributed by atoms with van der Waals surface area (Å²) in [7, 11) is 0. The van der Waals surface area contributed by atoms with Gasteiger partial charge in [0, 0.05) is 16.1 Å². The number of aromatic nitrogens is 1. The number of hydrogen-bond donors (Lipinski definition) is 0. The molecule has 0 saturated heterocycles. The highest BCUT2D eigenvalue weighted by Crippen LogP contribution is 2.38. The number of pyridine rings is 1. The fraction of sp³-hybridized carbons (Fsp3) is 0. The van der Waals surface area contributed by atoms with Crippen LogP contribution in [0.4, 0.5) is 16.2 Å². The van der Waals surface area contributed by atoms with Crippen LogP contribution in [-0.2, 0) is 0 Å². The molecule has 28 heavy (non-hydrogen) atoms. The van der Waals surface area contributed by atoms with Crippen LogP contribution < -0.4 is 9.64 Å². The summed E-state index contributed by atoms with van der Waals surface area (Å²) in [6, 6.07) is 24.4. The van der Waals surface area contributed by atoms with Crippen LogP contribution in [0, 0.1) is 0 Å². The third kappa shape index (κ3) is 3.66. The van der Waals surface area contributed by atoms with Gasteiger partial charge in [0.2, 0.25) is 0 Å². The van der Waals surface area contributed by atoms with Gasteiger partial charge in [0.15, 0.2) is 5.75 Å². The second kappa shape index (κ2) is 8.12. The van der Waals surface area contributed by atoms with Gasteiger partial charge in [0.25, 0.3) is 0 Å². The topological polar surface area (TPSA) is 42.4 Å². The molecule has 0 fully saturated rings. The minimum atomic E-state index is -0.521. The lowest BCUT2D eigenvalue weighted by Gasteiger charge is -2.23. The first-order chi connectivity index (χ1) is 13.6. The quantitative estimate of drug-likeness (QED) is 0.303. The van der Waals surface area contributed by atoms with Crippen molar-refractivity contribution in [3.63, 3.8) is 0 Å². The summed E-state index contributed by atoms with van der Waals surface area (Å²) in [6.45, 7) is 0. The van der Waals surface area contributed by atoms with E-state index < -0.39 is 6.09 Å². The van der Waals surface area contributed by atoms with Gasteiger partial charge in [0.05, 0.1) is 15.8 Å². The van der Waals surface area contributed by atoms with Crippen molar-refractivity contribution < 1.29 is 9.53 Å². The Morgan fingerprint density at radius 3 is 2.04 bits per heavy atom. The summed E-state index contributed by atoms with van der Waals surface area (Å²) in [5.41, 5.74) is 2.02. The molecule has 4 nitrogen and oxygen atoms in total. The molecule has 138 valence electrons. The van der Waals surface area contributed by atoms with Crippen molar-refractivity contribution in [2.24, 2.45) is 0 Å². The Balaban J connectivity index is 1.79. The highest BCUT2D eigenvalue weighted by atomic mass is 79.9. The van der Waals surface area contributed by atoms with Gasteiger partial charge in [-0.1, -0.05) is 58.4 Å². The highest BCUT2D eigenvalue weighted by Gasteiger charge is 2.23. The van der Waals surface area contributed by atoms with Crippen LogP contribution in [0.5, 0.6) is 5.75 Å². The number of fused-ring (bicyclic) bond motifs is 1. The summed E-state index contributed by atoms with van der Waals surface area (Å²) in [5, 5.41) is 0.861. The number of halogens is 2. The van der Waals surface area contributed by atoms with Crippen molar-refractivity contribution in [3.05, 3.63) is 94.0 Å².